The lowest BCUT2D eigenvalue weighted by atomic mass is 9.89. The van der Waals surface area contributed by atoms with Gasteiger partial charge in [-0.25, -0.2) is 4.79 Å². The molecule has 0 saturated carbocycles. The number of aliphatic hydroxyl groups is 1. The number of hydrogen-bond acceptors (Lipinski definition) is 5. The van der Waals surface area contributed by atoms with Gasteiger partial charge in [0.2, 0.25) is 5.91 Å². The third kappa shape index (κ3) is 5.44. The molecular formula is C23H32N4O4. The Labute approximate surface area is 183 Å². The fourth-order valence-corrected chi connectivity index (χ4v) is 4.05. The number of hydrogen-bond donors (Lipinski definition) is 2. The molecule has 1 aromatic carbocycles. The van der Waals surface area contributed by atoms with Gasteiger partial charge in [0, 0.05) is 30.4 Å². The van der Waals surface area contributed by atoms with Gasteiger partial charge in [-0.15, -0.1) is 0 Å². The molecule has 0 spiro atoms. The number of ether oxygens (including phenoxy) is 1. The molecule has 3 rings (SSSR count). The van der Waals surface area contributed by atoms with Crippen LogP contribution in [0.1, 0.15) is 59.6 Å². The zero-order valence-electron chi connectivity index (χ0n) is 19.0. The molecule has 2 unspecified atom stereocenters. The monoisotopic (exact) mass is 428 g/mol. The Hall–Kier alpha value is -2.87. The smallest absolute Gasteiger partial charge is 0.407 e. The molecule has 1 aliphatic rings. The molecule has 0 saturated heterocycles. The van der Waals surface area contributed by atoms with Crippen LogP contribution in [0.2, 0.25) is 0 Å². The lowest BCUT2D eigenvalue weighted by Crippen LogP contribution is -2.45. The number of benzene rings is 1. The second kappa shape index (κ2) is 8.70. The zero-order valence-corrected chi connectivity index (χ0v) is 19.0. The first-order chi connectivity index (χ1) is 14.4. The maximum Gasteiger partial charge on any atom is 0.407 e. The molecule has 0 radical (unpaired) electrons. The highest BCUT2D eigenvalue weighted by atomic mass is 16.6. The van der Waals surface area contributed by atoms with E-state index in [2.05, 4.69) is 10.4 Å². The number of anilines is 1. The molecule has 2 amide bonds. The van der Waals surface area contributed by atoms with Gasteiger partial charge in [0.1, 0.15) is 0 Å². The number of alkyl carbamates (subject to hydrolysis) is 1. The van der Waals surface area contributed by atoms with Gasteiger partial charge in [-0.05, 0) is 64.3 Å². The lowest BCUT2D eigenvalue weighted by Gasteiger charge is -2.39. The van der Waals surface area contributed by atoms with Crippen LogP contribution in [0, 0.1) is 0 Å². The van der Waals surface area contributed by atoms with Crippen LogP contribution in [0.15, 0.2) is 30.6 Å². The molecule has 0 fully saturated rings. The van der Waals surface area contributed by atoms with E-state index < -0.39 is 11.7 Å². The summed E-state index contributed by atoms with van der Waals surface area (Å²) >= 11 is 0. The Morgan fingerprint density at radius 1 is 1.32 bits per heavy atom. The van der Waals surface area contributed by atoms with Crippen LogP contribution in [0.3, 0.4) is 0 Å². The molecule has 1 aliphatic heterocycles. The summed E-state index contributed by atoms with van der Waals surface area (Å²) in [6, 6.07) is 5.51. The number of fused-ring (bicyclic) bond motifs is 1. The first kappa shape index (κ1) is 22.8. The van der Waals surface area contributed by atoms with E-state index in [9.17, 15) is 14.7 Å². The van der Waals surface area contributed by atoms with Gasteiger partial charge in [0.25, 0.3) is 0 Å². The number of rotatable bonds is 5. The van der Waals surface area contributed by atoms with E-state index in [0.717, 1.165) is 22.4 Å². The van der Waals surface area contributed by atoms with Crippen molar-refractivity contribution in [2.45, 2.75) is 78.3 Å². The highest BCUT2D eigenvalue weighted by Crippen LogP contribution is 2.39. The van der Waals surface area contributed by atoms with E-state index in [1.165, 1.54) is 0 Å². The number of aromatic nitrogens is 2. The average Bonchev–Trinajstić information content (AvgIpc) is 3.06. The number of carbonyl (C=O) groups is 2. The summed E-state index contributed by atoms with van der Waals surface area (Å²) in [7, 11) is 0. The Balaban J connectivity index is 1.97. The van der Waals surface area contributed by atoms with Gasteiger partial charge >= 0.3 is 6.09 Å². The maximum atomic E-state index is 12.3. The molecule has 2 heterocycles. The van der Waals surface area contributed by atoms with Crippen LogP contribution in [-0.4, -0.2) is 44.6 Å². The second-order valence-electron chi connectivity index (χ2n) is 9.14. The number of nitrogens with zero attached hydrogens (tertiary/aromatic N) is 3. The molecule has 31 heavy (non-hydrogen) atoms. The van der Waals surface area contributed by atoms with Crippen LogP contribution in [0.4, 0.5) is 10.5 Å². The van der Waals surface area contributed by atoms with Gasteiger partial charge in [0.05, 0.1) is 30.5 Å². The van der Waals surface area contributed by atoms with Gasteiger partial charge < -0.3 is 20.1 Å². The number of carbonyl (C=O) groups excluding carboxylic acids is 2. The van der Waals surface area contributed by atoms with Crippen LogP contribution in [-0.2, 0) is 16.1 Å². The quantitative estimate of drug-likeness (QED) is 0.758. The summed E-state index contributed by atoms with van der Waals surface area (Å²) in [5, 5.41) is 17.4. The Bertz CT molecular complexity index is 961. The molecule has 8 heteroatoms. The normalized spacial score (nSPS) is 18.6. The molecular weight excluding hydrogens is 396 g/mol. The first-order valence-electron chi connectivity index (χ1n) is 10.6. The molecule has 2 N–H and O–H groups in total. The van der Waals surface area contributed by atoms with Gasteiger partial charge in [-0.3, -0.25) is 9.48 Å². The minimum Gasteiger partial charge on any atom is -0.447 e. The van der Waals surface area contributed by atoms with Crippen molar-refractivity contribution < 1.29 is 19.4 Å². The fourth-order valence-electron chi connectivity index (χ4n) is 4.05. The Morgan fingerprint density at radius 2 is 2.03 bits per heavy atom. The molecule has 8 nitrogen and oxygen atoms in total. The van der Waals surface area contributed by atoms with E-state index in [-0.39, 0.29) is 24.1 Å². The zero-order chi connectivity index (χ0) is 22.9. The standard InChI is InChI=1S/C23H32N4O4/c1-14(2)31-22(29)25-20-9-15(3)27(16(4)28)21-8-7-17(10-19(20)21)18-11-24-26(12-18)13-23(5,6)30/h7-8,10-12,14-15,20,30H,9,13H2,1-6H3,(H,25,29). The van der Waals surface area contributed by atoms with Gasteiger partial charge in [-0.1, -0.05) is 6.07 Å². The minimum absolute atomic E-state index is 0.0392. The van der Waals surface area contributed by atoms with Crippen LogP contribution in [0.25, 0.3) is 11.1 Å². The molecule has 168 valence electrons. The first-order valence-corrected chi connectivity index (χ1v) is 10.6. The predicted octanol–water partition coefficient (Wildman–Crippen LogP) is 3.64. The Kier molecular flexibility index (Phi) is 6.40. The van der Waals surface area contributed by atoms with E-state index in [0.29, 0.717) is 13.0 Å². The van der Waals surface area contributed by atoms with Gasteiger partial charge in [-0.2, -0.15) is 5.10 Å². The SMILES string of the molecule is CC(=O)N1c2ccc(-c3cnn(CC(C)(C)O)c3)cc2C(NC(=O)OC(C)C)CC1C. The third-order valence-corrected chi connectivity index (χ3v) is 5.17. The van der Waals surface area contributed by atoms with Crippen LogP contribution < -0.4 is 10.2 Å². The lowest BCUT2D eigenvalue weighted by molar-refractivity contribution is -0.117. The molecule has 2 atom stereocenters. The predicted molar refractivity (Wildman–Crippen MR) is 119 cm³/mol. The number of nitrogens with one attached hydrogen (secondary N) is 1. The van der Waals surface area contributed by atoms with Crippen LogP contribution in [0.5, 0.6) is 0 Å². The maximum absolute atomic E-state index is 12.3. The summed E-state index contributed by atoms with van der Waals surface area (Å²) in [6.45, 7) is 11.0. The van der Waals surface area contributed by atoms with Crippen molar-refractivity contribution in [3.05, 3.63) is 36.2 Å². The average molecular weight is 429 g/mol. The van der Waals surface area contributed by atoms with Gasteiger partial charge in [0.15, 0.2) is 0 Å². The largest absolute Gasteiger partial charge is 0.447 e. The minimum atomic E-state index is -0.872. The molecule has 0 aliphatic carbocycles. The van der Waals surface area contributed by atoms with E-state index >= 15 is 0 Å². The topological polar surface area (TPSA) is 96.7 Å². The van der Waals surface area contributed by atoms with Crippen LogP contribution >= 0.6 is 0 Å². The van der Waals surface area contributed by atoms with E-state index in [1.807, 2.05) is 31.3 Å². The van der Waals surface area contributed by atoms with E-state index in [4.69, 9.17) is 4.74 Å². The molecule has 2 aromatic rings. The van der Waals surface area contributed by atoms with Crippen molar-refractivity contribution in [1.82, 2.24) is 15.1 Å². The summed E-state index contributed by atoms with van der Waals surface area (Å²) in [4.78, 5) is 26.4. The van der Waals surface area contributed by atoms with Crippen molar-refractivity contribution in [3.63, 3.8) is 0 Å². The highest BCUT2D eigenvalue weighted by Gasteiger charge is 2.34. The third-order valence-electron chi connectivity index (χ3n) is 5.17. The van der Waals surface area contributed by atoms with Crippen molar-refractivity contribution in [2.24, 2.45) is 0 Å². The highest BCUT2D eigenvalue weighted by molar-refractivity contribution is 5.94. The molecule has 1 aromatic heterocycles. The van der Waals surface area contributed by atoms with E-state index in [1.54, 1.807) is 50.4 Å². The Morgan fingerprint density at radius 3 is 2.65 bits per heavy atom. The summed E-state index contributed by atoms with van der Waals surface area (Å²) in [6.07, 6.45) is 3.52. The molecule has 0 bridgehead atoms. The van der Waals surface area contributed by atoms with Crippen molar-refractivity contribution in [3.8, 4) is 11.1 Å². The summed E-state index contributed by atoms with van der Waals surface area (Å²) in [5.74, 6) is -0.0392. The fraction of sp³-hybridized carbons (Fsp3) is 0.522. The second-order valence-corrected chi connectivity index (χ2v) is 9.14. The summed E-state index contributed by atoms with van der Waals surface area (Å²) in [5.41, 5.74) is 2.59. The van der Waals surface area contributed by atoms with Crippen molar-refractivity contribution in [2.75, 3.05) is 4.90 Å². The van der Waals surface area contributed by atoms with Crippen molar-refractivity contribution >= 4 is 17.7 Å². The number of amides is 2. The summed E-state index contributed by atoms with van der Waals surface area (Å²) < 4.78 is 6.98. The van der Waals surface area contributed by atoms with Crippen molar-refractivity contribution in [1.29, 1.82) is 0 Å².